The minimum Gasteiger partial charge on any atom is -0.444 e. The number of carbonyl (C=O) groups excluding carboxylic acids is 1. The van der Waals surface area contributed by atoms with Crippen molar-refractivity contribution in [1.29, 1.82) is 0 Å². The van der Waals surface area contributed by atoms with Crippen molar-refractivity contribution in [3.63, 3.8) is 0 Å². The first-order valence-corrected chi connectivity index (χ1v) is 11.3. The molecule has 0 atom stereocenters. The molecule has 2 heterocycles. The van der Waals surface area contributed by atoms with Crippen molar-refractivity contribution in [3.8, 4) is 0 Å². The third kappa shape index (κ3) is 5.21. The quantitative estimate of drug-likeness (QED) is 0.722. The van der Waals surface area contributed by atoms with Gasteiger partial charge in [-0.1, -0.05) is 25.0 Å². The third-order valence-corrected chi connectivity index (χ3v) is 6.96. The van der Waals surface area contributed by atoms with Gasteiger partial charge in [-0.05, 0) is 65.0 Å². The van der Waals surface area contributed by atoms with E-state index < -0.39 is 10.0 Å². The Bertz CT molecular complexity index is 869. The minimum absolute atomic E-state index is 0.251. The summed E-state index contributed by atoms with van der Waals surface area (Å²) in [4.78, 5) is 12.3. The number of furan rings is 1. The van der Waals surface area contributed by atoms with Crippen molar-refractivity contribution in [2.45, 2.75) is 37.0 Å². The van der Waals surface area contributed by atoms with Crippen molar-refractivity contribution < 1.29 is 17.6 Å². The fraction of sp³-hybridized carbons (Fsp3) is 0.421. The van der Waals surface area contributed by atoms with Gasteiger partial charge in [0.2, 0.25) is 10.0 Å². The molecule has 8 heteroatoms. The predicted molar refractivity (Wildman–Crippen MR) is 106 cm³/mol. The van der Waals surface area contributed by atoms with Crippen LogP contribution < -0.4 is 5.32 Å². The van der Waals surface area contributed by atoms with E-state index in [1.807, 2.05) is 0 Å². The van der Waals surface area contributed by atoms with Crippen LogP contribution in [0.4, 0.5) is 0 Å². The van der Waals surface area contributed by atoms with Crippen LogP contribution in [-0.4, -0.2) is 38.3 Å². The number of nitrogens with zero attached hydrogens (tertiary/aromatic N) is 1. The lowest BCUT2D eigenvalue weighted by Crippen LogP contribution is -2.31. The van der Waals surface area contributed by atoms with E-state index in [0.29, 0.717) is 35.6 Å². The smallest absolute Gasteiger partial charge is 0.287 e. The van der Waals surface area contributed by atoms with Crippen LogP contribution in [0.2, 0.25) is 0 Å². The molecule has 6 nitrogen and oxygen atoms in total. The van der Waals surface area contributed by atoms with Crippen LogP contribution in [0.1, 0.15) is 41.8 Å². The molecule has 0 bridgehead atoms. The molecule has 1 aliphatic heterocycles. The highest BCUT2D eigenvalue weighted by atomic mass is 79.9. The summed E-state index contributed by atoms with van der Waals surface area (Å²) in [7, 11) is -3.42. The summed E-state index contributed by atoms with van der Waals surface area (Å²) in [6.07, 6.45) is 4.63. The first kappa shape index (κ1) is 20.1. The van der Waals surface area contributed by atoms with Crippen LogP contribution in [0.3, 0.4) is 0 Å². The topological polar surface area (TPSA) is 79.6 Å². The SMILES string of the molecule is O=C(NCCc1ccc(S(=O)(=O)N2CCCCCC2)cc1)c1ccc(Br)o1. The second kappa shape index (κ2) is 9.03. The van der Waals surface area contributed by atoms with Gasteiger partial charge in [-0.25, -0.2) is 8.42 Å². The first-order chi connectivity index (χ1) is 13.0. The maximum Gasteiger partial charge on any atom is 0.287 e. The Morgan fingerprint density at radius 3 is 2.30 bits per heavy atom. The maximum atomic E-state index is 12.8. The summed E-state index contributed by atoms with van der Waals surface area (Å²) >= 11 is 3.16. The number of hydrogen-bond acceptors (Lipinski definition) is 4. The van der Waals surface area contributed by atoms with E-state index in [1.165, 1.54) is 0 Å². The van der Waals surface area contributed by atoms with Crippen molar-refractivity contribution >= 4 is 31.9 Å². The number of sulfonamides is 1. The molecule has 1 amide bonds. The average Bonchev–Trinajstić information content (AvgIpc) is 2.92. The van der Waals surface area contributed by atoms with Gasteiger partial charge in [-0.2, -0.15) is 4.31 Å². The molecule has 1 aromatic heterocycles. The van der Waals surface area contributed by atoms with E-state index in [0.717, 1.165) is 31.2 Å². The Hall–Kier alpha value is -1.64. The zero-order valence-electron chi connectivity index (χ0n) is 15.0. The Labute approximate surface area is 168 Å². The number of amides is 1. The molecule has 1 saturated heterocycles. The largest absolute Gasteiger partial charge is 0.444 e. The van der Waals surface area contributed by atoms with E-state index >= 15 is 0 Å². The molecule has 0 spiro atoms. The number of hydrogen-bond donors (Lipinski definition) is 1. The Morgan fingerprint density at radius 2 is 1.70 bits per heavy atom. The van der Waals surface area contributed by atoms with Crippen LogP contribution in [0, 0.1) is 0 Å². The van der Waals surface area contributed by atoms with Gasteiger partial charge in [0.15, 0.2) is 10.4 Å². The van der Waals surface area contributed by atoms with E-state index in [1.54, 1.807) is 40.7 Å². The molecule has 1 fully saturated rings. The number of nitrogens with one attached hydrogen (secondary N) is 1. The highest BCUT2D eigenvalue weighted by Crippen LogP contribution is 2.21. The predicted octanol–water partition coefficient (Wildman–Crippen LogP) is 3.58. The summed E-state index contributed by atoms with van der Waals surface area (Å²) in [6.45, 7) is 1.63. The van der Waals surface area contributed by atoms with Gasteiger partial charge >= 0.3 is 0 Å². The second-order valence-electron chi connectivity index (χ2n) is 6.57. The van der Waals surface area contributed by atoms with Crippen molar-refractivity contribution in [2.24, 2.45) is 0 Å². The molecule has 0 aliphatic carbocycles. The Balaban J connectivity index is 1.56. The van der Waals surface area contributed by atoms with Gasteiger partial charge in [0.05, 0.1) is 4.90 Å². The molecule has 0 unspecified atom stereocenters. The normalized spacial score (nSPS) is 16.0. The fourth-order valence-corrected chi connectivity index (χ4v) is 4.93. The van der Waals surface area contributed by atoms with Gasteiger partial charge in [0.25, 0.3) is 5.91 Å². The van der Waals surface area contributed by atoms with E-state index in [-0.39, 0.29) is 11.7 Å². The van der Waals surface area contributed by atoms with Crippen molar-refractivity contribution in [2.75, 3.05) is 19.6 Å². The third-order valence-electron chi connectivity index (χ3n) is 4.62. The molecule has 1 N–H and O–H groups in total. The van der Waals surface area contributed by atoms with Crippen LogP contribution in [0.15, 0.2) is 50.4 Å². The molecule has 146 valence electrons. The van der Waals surface area contributed by atoms with E-state index in [4.69, 9.17) is 4.42 Å². The molecule has 0 radical (unpaired) electrons. The molecule has 1 aromatic carbocycles. The number of benzene rings is 1. The van der Waals surface area contributed by atoms with Crippen molar-refractivity contribution in [3.05, 3.63) is 52.4 Å². The monoisotopic (exact) mass is 454 g/mol. The van der Waals surface area contributed by atoms with Crippen LogP contribution in [-0.2, 0) is 16.4 Å². The fourth-order valence-electron chi connectivity index (χ4n) is 3.10. The molecule has 27 heavy (non-hydrogen) atoms. The highest BCUT2D eigenvalue weighted by molar-refractivity contribution is 9.10. The first-order valence-electron chi connectivity index (χ1n) is 9.09. The van der Waals surface area contributed by atoms with Gasteiger partial charge < -0.3 is 9.73 Å². The lowest BCUT2D eigenvalue weighted by Gasteiger charge is -2.20. The molecular formula is C19H23BrN2O4S. The van der Waals surface area contributed by atoms with E-state index in [2.05, 4.69) is 21.2 Å². The summed E-state index contributed by atoms with van der Waals surface area (Å²) in [5.74, 6) is -0.0261. The molecule has 0 saturated carbocycles. The standard InChI is InChI=1S/C19H23BrN2O4S/c20-18-10-9-17(26-18)19(23)21-12-11-15-5-7-16(8-6-15)27(24,25)22-13-3-1-2-4-14-22/h5-10H,1-4,11-14H2,(H,21,23). The summed E-state index contributed by atoms with van der Waals surface area (Å²) in [5, 5.41) is 2.78. The zero-order valence-corrected chi connectivity index (χ0v) is 17.4. The molecular weight excluding hydrogens is 432 g/mol. The zero-order chi connectivity index (χ0) is 19.3. The summed E-state index contributed by atoms with van der Waals surface area (Å²) in [6, 6.07) is 10.2. The second-order valence-corrected chi connectivity index (χ2v) is 9.29. The molecule has 2 aromatic rings. The van der Waals surface area contributed by atoms with Gasteiger partial charge in [0, 0.05) is 19.6 Å². The summed E-state index contributed by atoms with van der Waals surface area (Å²) < 4.78 is 32.8. The maximum absolute atomic E-state index is 12.8. The average molecular weight is 455 g/mol. The van der Waals surface area contributed by atoms with Gasteiger partial charge in [0.1, 0.15) is 0 Å². The molecule has 1 aliphatic rings. The number of carbonyl (C=O) groups is 1. The lowest BCUT2D eigenvalue weighted by atomic mass is 10.1. The van der Waals surface area contributed by atoms with E-state index in [9.17, 15) is 13.2 Å². The lowest BCUT2D eigenvalue weighted by molar-refractivity contribution is 0.0925. The van der Waals surface area contributed by atoms with Crippen LogP contribution in [0.5, 0.6) is 0 Å². The Kier molecular flexibility index (Phi) is 6.73. The minimum atomic E-state index is -3.42. The van der Waals surface area contributed by atoms with Crippen LogP contribution in [0.25, 0.3) is 0 Å². The number of halogens is 1. The summed E-state index contributed by atoms with van der Waals surface area (Å²) in [5.41, 5.74) is 0.964. The molecule has 3 rings (SSSR count). The Morgan fingerprint density at radius 1 is 1.04 bits per heavy atom. The number of rotatable bonds is 6. The highest BCUT2D eigenvalue weighted by Gasteiger charge is 2.24. The van der Waals surface area contributed by atoms with Gasteiger partial charge in [-0.3, -0.25) is 4.79 Å². The van der Waals surface area contributed by atoms with Gasteiger partial charge in [-0.15, -0.1) is 0 Å². The van der Waals surface area contributed by atoms with Crippen LogP contribution >= 0.6 is 15.9 Å². The van der Waals surface area contributed by atoms with Crippen molar-refractivity contribution in [1.82, 2.24) is 9.62 Å².